The second-order valence-electron chi connectivity index (χ2n) is 14.1. The molecule has 2 aromatic carbocycles. The van der Waals surface area contributed by atoms with E-state index < -0.39 is 43.7 Å². The average molecular weight is 798 g/mol. The number of hydrogen-bond donors (Lipinski definition) is 6. The van der Waals surface area contributed by atoms with Crippen LogP contribution in [0, 0.1) is 5.92 Å². The minimum atomic E-state index is -3.50. The third-order valence-electron chi connectivity index (χ3n) is 8.84. The van der Waals surface area contributed by atoms with Crippen LogP contribution in [0.15, 0.2) is 78.4 Å². The van der Waals surface area contributed by atoms with Gasteiger partial charge in [-0.05, 0) is 75.8 Å². The van der Waals surface area contributed by atoms with E-state index in [4.69, 9.17) is 9.26 Å². The van der Waals surface area contributed by atoms with Crippen LogP contribution in [0.3, 0.4) is 0 Å². The Labute approximate surface area is 328 Å². The zero-order chi connectivity index (χ0) is 41.3. The molecule has 0 aliphatic carbocycles. The molecule has 15 nitrogen and oxygen atoms in total. The highest BCUT2D eigenvalue weighted by Gasteiger charge is 2.30. The Morgan fingerprint density at radius 3 is 2.18 bits per heavy atom. The molecule has 1 heterocycles. The molecule has 3 rings (SSSR count). The largest absolute Gasteiger partial charge is 0.433 e. The van der Waals surface area contributed by atoms with Gasteiger partial charge in [0.05, 0.1) is 25.4 Å². The number of aliphatic hydroxyl groups excluding tert-OH is 2. The van der Waals surface area contributed by atoms with Gasteiger partial charge in [-0.2, -0.15) is 0 Å². The minimum Gasteiger partial charge on any atom is -0.433 e. The Balaban J connectivity index is 1.43. The number of allylic oxidation sites excluding steroid dienone is 1. The average Bonchev–Trinajstić information content (AvgIpc) is 3.48. The van der Waals surface area contributed by atoms with Crippen molar-refractivity contribution in [3.05, 3.63) is 84.0 Å². The number of rotatable bonds is 24. The maximum Gasteiger partial charge on any atom is 0.317 e. The molecule has 1 aliphatic rings. The molecule has 0 aromatic heterocycles. The van der Waals surface area contributed by atoms with Crippen molar-refractivity contribution in [1.29, 1.82) is 0 Å². The Morgan fingerprint density at radius 2 is 1.55 bits per heavy atom. The van der Waals surface area contributed by atoms with Crippen molar-refractivity contribution in [2.24, 2.45) is 5.92 Å². The standard InChI is InChI=1S/C40H56N5O10P/c1-27(2)37(43-34(47)16-10-7-11-23-45-35(48)21-22-36(45)49)39(51)41-29(4)38(50)42-32-19-17-31(18-20-32)26-54-40(52)30(5)44-56(53,24-12-13-28(3)25-46)55-33-14-8-6-9-15-33/h6,8-9,13-15,17-22,27,29-30,37,40,46,52H,7,10-12,16,23-26H2,1-5H3,(H,41,51)(H,42,50)(H,43,47)(H,44,53)/b28-13+/t29-,30-,37-,40?,56?/m0/s1. The van der Waals surface area contributed by atoms with E-state index in [1.807, 2.05) is 6.07 Å². The first-order chi connectivity index (χ1) is 26.6. The summed E-state index contributed by atoms with van der Waals surface area (Å²) in [5, 5.41) is 31.1. The molecule has 16 heteroatoms. The molecule has 0 saturated heterocycles. The van der Waals surface area contributed by atoms with Crippen molar-refractivity contribution in [2.45, 2.75) is 97.7 Å². The number of carbonyl (C=O) groups is 5. The summed E-state index contributed by atoms with van der Waals surface area (Å²) in [6, 6.07) is 12.9. The predicted octanol–water partition coefficient (Wildman–Crippen LogP) is 4.17. The van der Waals surface area contributed by atoms with Crippen molar-refractivity contribution in [1.82, 2.24) is 20.6 Å². The monoisotopic (exact) mass is 797 g/mol. The summed E-state index contributed by atoms with van der Waals surface area (Å²) in [5.74, 6) is -1.80. The number of para-hydroxylation sites is 1. The fraction of sp³-hybridized carbons (Fsp3) is 0.475. The highest BCUT2D eigenvalue weighted by molar-refractivity contribution is 7.57. The van der Waals surface area contributed by atoms with Crippen LogP contribution < -0.4 is 25.6 Å². The topological polar surface area (TPSA) is 213 Å². The number of unbranched alkanes of at least 4 members (excludes halogenated alkanes) is 2. The summed E-state index contributed by atoms with van der Waals surface area (Å²) in [7, 11) is -3.50. The van der Waals surface area contributed by atoms with E-state index >= 15 is 0 Å². The number of imide groups is 1. The van der Waals surface area contributed by atoms with Crippen LogP contribution in [0.1, 0.15) is 72.3 Å². The second-order valence-corrected chi connectivity index (χ2v) is 16.3. The predicted molar refractivity (Wildman–Crippen MR) is 212 cm³/mol. The molecule has 56 heavy (non-hydrogen) atoms. The molecule has 2 aromatic rings. The van der Waals surface area contributed by atoms with Gasteiger partial charge >= 0.3 is 7.52 Å². The molecule has 5 amide bonds. The quantitative estimate of drug-likeness (QED) is 0.0292. The van der Waals surface area contributed by atoms with Gasteiger partial charge in [-0.25, -0.2) is 5.09 Å². The summed E-state index contributed by atoms with van der Waals surface area (Å²) in [5.41, 5.74) is 1.89. The van der Waals surface area contributed by atoms with Gasteiger partial charge in [-0.3, -0.25) is 33.4 Å². The summed E-state index contributed by atoms with van der Waals surface area (Å²) >= 11 is 0. The van der Waals surface area contributed by atoms with Gasteiger partial charge in [-0.1, -0.05) is 62.2 Å². The number of hydrogen-bond acceptors (Lipinski definition) is 10. The Kier molecular flexibility index (Phi) is 18.6. The van der Waals surface area contributed by atoms with Crippen LogP contribution in [0.4, 0.5) is 5.69 Å². The lowest BCUT2D eigenvalue weighted by Gasteiger charge is -2.27. The van der Waals surface area contributed by atoms with Gasteiger partial charge in [-0.15, -0.1) is 0 Å². The first kappa shape index (κ1) is 45.7. The van der Waals surface area contributed by atoms with Crippen LogP contribution in [-0.2, 0) is 39.9 Å². The number of aliphatic hydroxyl groups is 2. The van der Waals surface area contributed by atoms with Gasteiger partial charge in [0.1, 0.15) is 17.8 Å². The third kappa shape index (κ3) is 15.5. The van der Waals surface area contributed by atoms with Gasteiger partial charge < -0.3 is 35.4 Å². The molecule has 0 saturated carbocycles. The summed E-state index contributed by atoms with van der Waals surface area (Å²) < 4.78 is 25.3. The third-order valence-corrected chi connectivity index (χ3v) is 11.0. The number of benzene rings is 2. The molecule has 0 spiro atoms. The zero-order valence-corrected chi connectivity index (χ0v) is 33.6. The smallest absolute Gasteiger partial charge is 0.317 e. The van der Waals surface area contributed by atoms with Crippen LogP contribution in [0.5, 0.6) is 5.75 Å². The molecule has 1 aliphatic heterocycles. The maximum atomic E-state index is 13.8. The lowest BCUT2D eigenvalue weighted by molar-refractivity contribution is -0.137. The van der Waals surface area contributed by atoms with Crippen LogP contribution in [-0.4, -0.2) is 88.4 Å². The molecule has 2 unspecified atom stereocenters. The van der Waals surface area contributed by atoms with Crippen LogP contribution in [0.25, 0.3) is 0 Å². The number of anilines is 1. The molecular formula is C40H56N5O10P. The highest BCUT2D eigenvalue weighted by atomic mass is 31.2. The molecule has 0 radical (unpaired) electrons. The number of ether oxygens (including phenoxy) is 1. The lowest BCUT2D eigenvalue weighted by Crippen LogP contribution is -2.53. The molecule has 0 bridgehead atoms. The van der Waals surface area contributed by atoms with E-state index in [0.717, 1.165) is 10.5 Å². The van der Waals surface area contributed by atoms with Crippen LogP contribution in [0.2, 0.25) is 0 Å². The van der Waals surface area contributed by atoms with E-state index in [1.54, 1.807) is 82.3 Å². The SMILES string of the molecule is C/C(=C\CCP(=O)(N[C@@H](C)C(O)OCc1ccc(NC(=O)[C@H](C)NC(=O)[C@@H](NC(=O)CCCCCN2C(=O)C=CC2=O)C(C)C)cc1)Oc1ccccc1)CO. The summed E-state index contributed by atoms with van der Waals surface area (Å²) in [6.45, 7) is 8.70. The Morgan fingerprint density at radius 1 is 0.893 bits per heavy atom. The number of amides is 5. The molecular weight excluding hydrogens is 741 g/mol. The van der Waals surface area contributed by atoms with Crippen molar-refractivity contribution >= 4 is 42.7 Å². The fourth-order valence-electron chi connectivity index (χ4n) is 5.50. The maximum absolute atomic E-state index is 13.8. The lowest BCUT2D eigenvalue weighted by atomic mass is 10.0. The van der Waals surface area contributed by atoms with Gasteiger partial charge in [0, 0.05) is 30.8 Å². The highest BCUT2D eigenvalue weighted by Crippen LogP contribution is 2.44. The first-order valence-corrected chi connectivity index (χ1v) is 20.6. The Hall–Kier alpha value is -4.66. The van der Waals surface area contributed by atoms with Gasteiger partial charge in [0.2, 0.25) is 17.7 Å². The first-order valence-electron chi connectivity index (χ1n) is 18.8. The van der Waals surface area contributed by atoms with E-state index in [0.29, 0.717) is 42.7 Å². The van der Waals surface area contributed by atoms with Gasteiger partial charge in [0.25, 0.3) is 11.8 Å². The zero-order valence-electron chi connectivity index (χ0n) is 32.7. The normalized spacial score (nSPS) is 16.2. The van der Waals surface area contributed by atoms with Gasteiger partial charge in [0.15, 0.2) is 6.29 Å². The fourth-order valence-corrected chi connectivity index (χ4v) is 7.45. The van der Waals surface area contributed by atoms with Crippen molar-refractivity contribution in [3.63, 3.8) is 0 Å². The second kappa shape index (κ2) is 22.8. The van der Waals surface area contributed by atoms with Crippen molar-refractivity contribution in [3.8, 4) is 5.75 Å². The number of carbonyl (C=O) groups excluding carboxylic acids is 5. The van der Waals surface area contributed by atoms with E-state index in [9.17, 15) is 38.8 Å². The number of nitrogens with zero attached hydrogens (tertiary/aromatic N) is 1. The number of nitrogens with one attached hydrogen (secondary N) is 4. The van der Waals surface area contributed by atoms with E-state index in [1.165, 1.54) is 19.1 Å². The minimum absolute atomic E-state index is 0.0107. The van der Waals surface area contributed by atoms with E-state index in [-0.39, 0.29) is 56.0 Å². The van der Waals surface area contributed by atoms with Crippen molar-refractivity contribution in [2.75, 3.05) is 24.6 Å². The van der Waals surface area contributed by atoms with E-state index in [2.05, 4.69) is 21.0 Å². The summed E-state index contributed by atoms with van der Waals surface area (Å²) in [6.07, 6.45) is 5.28. The van der Waals surface area contributed by atoms with Crippen LogP contribution >= 0.6 is 7.52 Å². The Bertz CT molecular complexity index is 1720. The molecule has 5 atom stereocenters. The summed E-state index contributed by atoms with van der Waals surface area (Å²) in [4.78, 5) is 63.1. The van der Waals surface area contributed by atoms with Crippen molar-refractivity contribution < 1.29 is 48.0 Å². The molecule has 0 fully saturated rings. The molecule has 306 valence electrons. The molecule has 6 N–H and O–H groups in total.